The van der Waals surface area contributed by atoms with Crippen LogP contribution in [0.25, 0.3) is 27.8 Å². The molecule has 0 spiro atoms. The van der Waals surface area contributed by atoms with E-state index in [1.165, 1.54) is 5.56 Å². The summed E-state index contributed by atoms with van der Waals surface area (Å²) in [4.78, 5) is 13.0. The molecular formula is C31H30F4N6. The molecule has 4 heterocycles. The molecule has 5 aromatic rings. The number of benzene rings is 2. The molecule has 0 radical (unpaired) electrons. The van der Waals surface area contributed by atoms with E-state index in [1.54, 1.807) is 13.1 Å². The predicted octanol–water partition coefficient (Wildman–Crippen LogP) is 7.35. The molecule has 6 rings (SSSR count). The summed E-state index contributed by atoms with van der Waals surface area (Å²) in [5.41, 5.74) is 6.95. The van der Waals surface area contributed by atoms with Crippen molar-refractivity contribution in [3.05, 3.63) is 88.3 Å². The molecule has 0 aliphatic carbocycles. The summed E-state index contributed by atoms with van der Waals surface area (Å²) >= 11 is 0. The van der Waals surface area contributed by atoms with Crippen molar-refractivity contribution in [2.45, 2.75) is 59.2 Å². The molecule has 2 aromatic carbocycles. The fraction of sp³-hybridized carbons (Fsp3) is 0.323. The van der Waals surface area contributed by atoms with E-state index in [-0.39, 0.29) is 11.8 Å². The summed E-state index contributed by atoms with van der Waals surface area (Å²) in [6, 6.07) is 10.1. The van der Waals surface area contributed by atoms with E-state index in [4.69, 9.17) is 5.10 Å². The molecule has 0 amide bonds. The zero-order valence-corrected chi connectivity index (χ0v) is 23.1. The van der Waals surface area contributed by atoms with Gasteiger partial charge in [0.1, 0.15) is 5.82 Å². The predicted molar refractivity (Wildman–Crippen MR) is 151 cm³/mol. The highest BCUT2D eigenvalue weighted by molar-refractivity contribution is 5.96. The van der Waals surface area contributed by atoms with Crippen LogP contribution in [-0.2, 0) is 32.0 Å². The molecule has 1 aliphatic rings. The number of aromatic nitrogens is 5. The Morgan fingerprint density at radius 3 is 2.51 bits per heavy atom. The number of rotatable bonds is 6. The molecule has 3 aromatic heterocycles. The number of halogens is 4. The van der Waals surface area contributed by atoms with E-state index in [9.17, 15) is 13.2 Å². The summed E-state index contributed by atoms with van der Waals surface area (Å²) < 4.78 is 56.6. The fourth-order valence-electron chi connectivity index (χ4n) is 5.81. The first-order valence-corrected chi connectivity index (χ1v) is 13.8. The number of hydrogen-bond acceptors (Lipinski definition) is 4. The van der Waals surface area contributed by atoms with Crippen LogP contribution >= 0.6 is 0 Å². The van der Waals surface area contributed by atoms with Crippen molar-refractivity contribution in [1.82, 2.24) is 24.7 Å². The van der Waals surface area contributed by atoms with E-state index in [0.29, 0.717) is 30.6 Å². The average molecular weight is 563 g/mol. The van der Waals surface area contributed by atoms with Gasteiger partial charge >= 0.3 is 6.18 Å². The van der Waals surface area contributed by atoms with Gasteiger partial charge in [-0.2, -0.15) is 18.3 Å². The highest BCUT2D eigenvalue weighted by Crippen LogP contribution is 2.40. The van der Waals surface area contributed by atoms with Crippen molar-refractivity contribution < 1.29 is 17.6 Å². The molecule has 0 unspecified atom stereocenters. The molecule has 41 heavy (non-hydrogen) atoms. The standard InChI is InChI=1S/C31H30F4N6/c1-4-7-20-9-6-8-19(5-2)28(20)41-29(23-14-18(3)26(32)27-22(23)10-12-36-27)24-17-40(13-11-25(24)39-41)30-37-15-21(16-38-30)31(33,34)35/h6,8-10,12,14-16,36H,4-5,7,11,13,17H2,1-3H3. The van der Waals surface area contributed by atoms with Gasteiger partial charge in [0, 0.05) is 54.6 Å². The molecule has 1 aliphatic heterocycles. The van der Waals surface area contributed by atoms with Crippen molar-refractivity contribution in [1.29, 1.82) is 0 Å². The minimum Gasteiger partial charge on any atom is -0.359 e. The third-order valence-corrected chi connectivity index (χ3v) is 7.82. The second-order valence-corrected chi connectivity index (χ2v) is 10.5. The lowest BCUT2D eigenvalue weighted by Crippen LogP contribution is -2.31. The van der Waals surface area contributed by atoms with Crippen molar-refractivity contribution in [3.8, 4) is 16.9 Å². The van der Waals surface area contributed by atoms with E-state index in [0.717, 1.165) is 70.8 Å². The van der Waals surface area contributed by atoms with Gasteiger partial charge in [0.25, 0.3) is 0 Å². The van der Waals surface area contributed by atoms with Gasteiger partial charge in [0.2, 0.25) is 5.95 Å². The topological polar surface area (TPSA) is 62.6 Å². The van der Waals surface area contributed by atoms with Crippen LogP contribution in [-0.4, -0.2) is 31.3 Å². The molecule has 0 bridgehead atoms. The first kappa shape index (κ1) is 27.0. The molecule has 0 saturated heterocycles. The molecule has 1 N–H and O–H groups in total. The second kappa shape index (κ2) is 10.3. The molecule has 0 saturated carbocycles. The van der Waals surface area contributed by atoms with E-state index in [2.05, 4.69) is 47.0 Å². The Hall–Kier alpha value is -4.21. The van der Waals surface area contributed by atoms with E-state index in [1.807, 2.05) is 21.7 Å². The SMILES string of the molecule is CCCc1cccc(CC)c1-n1nc2c(c1-c1cc(C)c(F)c3[nH]ccc13)CN(c1ncc(C(F)(F)F)cn1)CC2. The van der Waals surface area contributed by atoms with Crippen molar-refractivity contribution in [3.63, 3.8) is 0 Å². The van der Waals surface area contributed by atoms with Gasteiger partial charge in [0.15, 0.2) is 0 Å². The lowest BCUT2D eigenvalue weighted by molar-refractivity contribution is -0.138. The zero-order chi connectivity index (χ0) is 28.9. The number of nitrogens with zero attached hydrogens (tertiary/aromatic N) is 5. The van der Waals surface area contributed by atoms with Gasteiger partial charge in [-0.1, -0.05) is 38.5 Å². The summed E-state index contributed by atoms with van der Waals surface area (Å²) in [6.07, 6.45) is 2.08. The quantitative estimate of drug-likeness (QED) is 0.220. The van der Waals surface area contributed by atoms with Crippen LogP contribution in [0.2, 0.25) is 0 Å². The first-order valence-electron chi connectivity index (χ1n) is 13.8. The highest BCUT2D eigenvalue weighted by atomic mass is 19.4. The van der Waals surface area contributed by atoms with Crippen LogP contribution in [0.3, 0.4) is 0 Å². The van der Waals surface area contributed by atoms with Crippen molar-refractivity contribution >= 4 is 16.9 Å². The van der Waals surface area contributed by atoms with Crippen molar-refractivity contribution in [2.24, 2.45) is 0 Å². The lowest BCUT2D eigenvalue weighted by atomic mass is 9.96. The molecule has 0 fully saturated rings. The number of nitrogens with one attached hydrogen (secondary N) is 1. The Morgan fingerprint density at radius 1 is 1.05 bits per heavy atom. The Bertz CT molecular complexity index is 1730. The maximum atomic E-state index is 15.1. The van der Waals surface area contributed by atoms with Gasteiger partial charge in [-0.15, -0.1) is 0 Å². The Kier molecular flexibility index (Phi) is 6.79. The van der Waals surface area contributed by atoms with E-state index < -0.39 is 11.7 Å². The number of aromatic amines is 1. The smallest absolute Gasteiger partial charge is 0.359 e. The van der Waals surface area contributed by atoms with E-state index >= 15 is 4.39 Å². The lowest BCUT2D eigenvalue weighted by Gasteiger charge is -2.27. The van der Waals surface area contributed by atoms with Gasteiger partial charge < -0.3 is 9.88 Å². The highest BCUT2D eigenvalue weighted by Gasteiger charge is 2.33. The Balaban J connectivity index is 1.57. The van der Waals surface area contributed by atoms with Crippen LogP contribution < -0.4 is 4.90 Å². The molecule has 10 heteroatoms. The third kappa shape index (κ3) is 4.65. The molecule has 6 nitrogen and oxygen atoms in total. The number of alkyl halides is 3. The average Bonchev–Trinajstić information content (AvgIpc) is 3.60. The summed E-state index contributed by atoms with van der Waals surface area (Å²) in [6.45, 7) is 6.88. The fourth-order valence-corrected chi connectivity index (χ4v) is 5.81. The number of fused-ring (bicyclic) bond motifs is 2. The van der Waals surface area contributed by atoms with Crippen LogP contribution in [0.15, 0.2) is 48.9 Å². The third-order valence-electron chi connectivity index (χ3n) is 7.82. The normalized spacial score (nSPS) is 13.7. The Morgan fingerprint density at radius 2 is 1.80 bits per heavy atom. The summed E-state index contributed by atoms with van der Waals surface area (Å²) in [7, 11) is 0. The zero-order valence-electron chi connectivity index (χ0n) is 23.1. The van der Waals surface area contributed by atoms with Crippen LogP contribution in [0, 0.1) is 12.7 Å². The Labute approximate surface area is 235 Å². The number of para-hydroxylation sites is 1. The maximum absolute atomic E-state index is 15.1. The van der Waals surface area contributed by atoms with Gasteiger partial charge in [-0.05, 0) is 48.6 Å². The summed E-state index contributed by atoms with van der Waals surface area (Å²) in [5, 5.41) is 5.90. The largest absolute Gasteiger partial charge is 0.419 e. The number of H-pyrrole nitrogens is 1. The van der Waals surface area contributed by atoms with Gasteiger partial charge in [-0.25, -0.2) is 19.0 Å². The van der Waals surface area contributed by atoms with Crippen molar-refractivity contribution in [2.75, 3.05) is 11.4 Å². The second-order valence-electron chi connectivity index (χ2n) is 10.5. The van der Waals surface area contributed by atoms with Crippen LogP contribution in [0.1, 0.15) is 53.8 Å². The monoisotopic (exact) mass is 562 g/mol. The molecular weight excluding hydrogens is 532 g/mol. The number of anilines is 1. The minimum absolute atomic E-state index is 0.227. The van der Waals surface area contributed by atoms with Crippen LogP contribution in [0.4, 0.5) is 23.5 Å². The first-order chi connectivity index (χ1) is 19.7. The maximum Gasteiger partial charge on any atom is 0.419 e. The molecule has 212 valence electrons. The molecule has 0 atom stereocenters. The van der Waals surface area contributed by atoms with Crippen LogP contribution in [0.5, 0.6) is 0 Å². The van der Waals surface area contributed by atoms with Gasteiger partial charge in [-0.3, -0.25) is 0 Å². The minimum atomic E-state index is -4.51. The summed E-state index contributed by atoms with van der Waals surface area (Å²) in [5.74, 6) is -0.0702. The number of aryl methyl sites for hydroxylation is 3. The number of hydrogen-bond donors (Lipinski definition) is 1. The van der Waals surface area contributed by atoms with Gasteiger partial charge in [0.05, 0.1) is 28.2 Å².